The summed E-state index contributed by atoms with van der Waals surface area (Å²) in [6.45, 7) is 11.3. The summed E-state index contributed by atoms with van der Waals surface area (Å²) in [5, 5.41) is 1.34. The quantitative estimate of drug-likeness (QED) is 0.288. The van der Waals surface area contributed by atoms with Gasteiger partial charge in [-0.1, -0.05) is 54.6 Å². The average molecular weight is 534 g/mol. The third-order valence-corrected chi connectivity index (χ3v) is 7.31. The van der Waals surface area contributed by atoms with Crippen LogP contribution in [0.3, 0.4) is 0 Å². The second-order valence-electron chi connectivity index (χ2n) is 11.9. The largest absolute Gasteiger partial charge is 0.463 e. The summed E-state index contributed by atoms with van der Waals surface area (Å²) in [5.74, 6) is -0.260. The van der Waals surface area contributed by atoms with Crippen molar-refractivity contribution in [3.05, 3.63) is 83.2 Å². The smallest absolute Gasteiger partial charge is 0.411 e. The van der Waals surface area contributed by atoms with Gasteiger partial charge in [-0.25, -0.2) is 9.18 Å². The second kappa shape index (κ2) is 11.8. The van der Waals surface area contributed by atoms with E-state index < -0.39 is 5.60 Å². The summed E-state index contributed by atoms with van der Waals surface area (Å²) >= 11 is 0. The highest BCUT2D eigenvalue weighted by Crippen LogP contribution is 2.41. The Balaban J connectivity index is 1.60. The van der Waals surface area contributed by atoms with Crippen molar-refractivity contribution in [1.82, 2.24) is 4.90 Å². The number of benzene rings is 3. The van der Waals surface area contributed by atoms with Crippen LogP contribution in [0.4, 0.5) is 9.18 Å². The van der Waals surface area contributed by atoms with Crippen molar-refractivity contribution >= 4 is 22.8 Å². The lowest BCUT2D eigenvalue weighted by molar-refractivity contribution is -0.146. The monoisotopic (exact) mass is 533 g/mol. The molecule has 0 aliphatic heterocycles. The minimum atomic E-state index is -0.642. The summed E-state index contributed by atoms with van der Waals surface area (Å²) in [4.78, 5) is 27.7. The number of hydrogen-bond acceptors (Lipinski definition) is 4. The predicted molar refractivity (Wildman–Crippen MR) is 152 cm³/mol. The van der Waals surface area contributed by atoms with Gasteiger partial charge < -0.3 is 9.47 Å². The van der Waals surface area contributed by atoms with Crippen molar-refractivity contribution in [3.8, 4) is 0 Å². The number of rotatable bonds is 7. The Bertz CT molecular complexity index is 1330. The number of carbonyl (C=O) groups excluding carboxylic acids is 2. The zero-order valence-corrected chi connectivity index (χ0v) is 23.9. The average Bonchev–Trinajstić information content (AvgIpc) is 3.32. The highest BCUT2D eigenvalue weighted by atomic mass is 19.1. The Morgan fingerprint density at radius 2 is 1.69 bits per heavy atom. The molecule has 6 heteroatoms. The van der Waals surface area contributed by atoms with E-state index in [1.807, 2.05) is 76.8 Å². The van der Waals surface area contributed by atoms with Crippen LogP contribution < -0.4 is 0 Å². The first kappa shape index (κ1) is 28.6. The lowest BCUT2D eigenvalue weighted by Gasteiger charge is -2.37. The van der Waals surface area contributed by atoms with Crippen LogP contribution in [0, 0.1) is 5.82 Å². The van der Waals surface area contributed by atoms with E-state index in [-0.39, 0.29) is 48.4 Å². The number of amides is 1. The Hall–Kier alpha value is -3.41. The minimum absolute atomic E-state index is 0.0433. The van der Waals surface area contributed by atoms with Crippen molar-refractivity contribution in [3.63, 3.8) is 0 Å². The summed E-state index contributed by atoms with van der Waals surface area (Å²) < 4.78 is 25.8. The Kier molecular flexibility index (Phi) is 8.63. The second-order valence-corrected chi connectivity index (χ2v) is 11.9. The number of carbonyl (C=O) groups is 2. The fourth-order valence-electron chi connectivity index (χ4n) is 5.68. The maximum atomic E-state index is 14.6. The van der Waals surface area contributed by atoms with E-state index in [1.54, 1.807) is 12.1 Å². The molecule has 0 N–H and O–H groups in total. The van der Waals surface area contributed by atoms with Crippen molar-refractivity contribution in [2.24, 2.45) is 0 Å². The van der Waals surface area contributed by atoms with Crippen LogP contribution in [0.1, 0.15) is 89.5 Å². The normalized spacial score (nSPS) is 18.3. The van der Waals surface area contributed by atoms with Crippen LogP contribution >= 0.6 is 0 Å². The molecule has 0 radical (unpaired) electrons. The SMILES string of the molecule is CC(C)OC(=O)Cc1cccc([C@@H]2CC[C@H](N(C(=O)OC(C)(C)C)[C@H](C)c3ccc(F)c4ccccc34)C2)c1. The first-order chi connectivity index (χ1) is 18.4. The molecule has 3 aromatic rings. The van der Waals surface area contributed by atoms with Crippen LogP contribution in [0.2, 0.25) is 0 Å². The van der Waals surface area contributed by atoms with Crippen LogP contribution in [-0.4, -0.2) is 34.7 Å². The molecule has 0 spiro atoms. The highest BCUT2D eigenvalue weighted by molar-refractivity contribution is 5.87. The van der Waals surface area contributed by atoms with Crippen molar-refractivity contribution in [2.75, 3.05) is 0 Å². The molecule has 0 unspecified atom stereocenters. The zero-order chi connectivity index (χ0) is 28.3. The van der Waals surface area contributed by atoms with E-state index in [9.17, 15) is 14.0 Å². The fourth-order valence-corrected chi connectivity index (χ4v) is 5.68. The number of halogens is 1. The van der Waals surface area contributed by atoms with Crippen molar-refractivity contribution in [1.29, 1.82) is 0 Å². The van der Waals surface area contributed by atoms with E-state index in [0.29, 0.717) is 5.39 Å². The maximum Gasteiger partial charge on any atom is 0.411 e. The topological polar surface area (TPSA) is 55.8 Å². The Morgan fingerprint density at radius 3 is 2.38 bits per heavy atom. The molecule has 0 heterocycles. The van der Waals surface area contributed by atoms with Gasteiger partial charge in [0.1, 0.15) is 11.4 Å². The molecule has 0 bridgehead atoms. The van der Waals surface area contributed by atoms with Gasteiger partial charge in [-0.15, -0.1) is 0 Å². The van der Waals surface area contributed by atoms with Crippen LogP contribution in [0.15, 0.2) is 60.7 Å². The molecular formula is C33H40FNO4. The number of fused-ring (bicyclic) bond motifs is 1. The van der Waals surface area contributed by atoms with Gasteiger partial charge in [0.25, 0.3) is 0 Å². The van der Waals surface area contributed by atoms with E-state index in [2.05, 4.69) is 12.1 Å². The van der Waals surface area contributed by atoms with Gasteiger partial charge in [0.15, 0.2) is 0 Å². The zero-order valence-electron chi connectivity index (χ0n) is 23.9. The molecule has 0 aromatic heterocycles. The third-order valence-electron chi connectivity index (χ3n) is 7.31. The van der Waals surface area contributed by atoms with Gasteiger partial charge in [0, 0.05) is 11.4 Å². The minimum Gasteiger partial charge on any atom is -0.463 e. The maximum absolute atomic E-state index is 14.6. The van der Waals surface area contributed by atoms with Crippen LogP contribution in [0.25, 0.3) is 10.8 Å². The molecule has 4 rings (SSSR count). The first-order valence-electron chi connectivity index (χ1n) is 13.9. The van der Waals surface area contributed by atoms with Gasteiger partial charge in [-0.05, 0) is 94.9 Å². The first-order valence-corrected chi connectivity index (χ1v) is 13.9. The number of nitrogens with zero attached hydrogens (tertiary/aromatic N) is 1. The molecule has 1 saturated carbocycles. The highest BCUT2D eigenvalue weighted by Gasteiger charge is 2.38. The van der Waals surface area contributed by atoms with E-state index in [4.69, 9.17) is 9.47 Å². The van der Waals surface area contributed by atoms with Crippen LogP contribution in [-0.2, 0) is 20.7 Å². The lowest BCUT2D eigenvalue weighted by atomic mass is 9.94. The molecule has 208 valence electrons. The molecule has 1 fully saturated rings. The molecule has 3 aromatic carbocycles. The van der Waals surface area contributed by atoms with Gasteiger partial charge in [-0.2, -0.15) is 0 Å². The molecule has 1 aliphatic carbocycles. The summed E-state index contributed by atoms with van der Waals surface area (Å²) in [7, 11) is 0. The van der Waals surface area contributed by atoms with Gasteiger partial charge in [0.05, 0.1) is 18.6 Å². The Morgan fingerprint density at radius 1 is 0.974 bits per heavy atom. The molecule has 0 saturated heterocycles. The van der Waals surface area contributed by atoms with Crippen molar-refractivity contribution < 1.29 is 23.5 Å². The Labute approximate surface area is 231 Å². The lowest BCUT2D eigenvalue weighted by Crippen LogP contribution is -2.44. The van der Waals surface area contributed by atoms with Gasteiger partial charge >= 0.3 is 12.1 Å². The summed E-state index contributed by atoms with van der Waals surface area (Å²) in [6, 6.07) is 18.4. The molecule has 5 nitrogen and oxygen atoms in total. The molecule has 39 heavy (non-hydrogen) atoms. The number of esters is 1. The molecule has 3 atom stereocenters. The van der Waals surface area contributed by atoms with Crippen molar-refractivity contribution in [2.45, 2.75) is 96.9 Å². The number of ether oxygens (including phenoxy) is 2. The summed E-state index contributed by atoms with van der Waals surface area (Å²) in [5.41, 5.74) is 2.34. The van der Waals surface area contributed by atoms with E-state index in [1.165, 1.54) is 6.07 Å². The number of hydrogen-bond donors (Lipinski definition) is 0. The summed E-state index contributed by atoms with van der Waals surface area (Å²) in [6.07, 6.45) is 2.26. The van der Waals surface area contributed by atoms with Gasteiger partial charge in [0.2, 0.25) is 0 Å². The van der Waals surface area contributed by atoms with Gasteiger partial charge in [-0.3, -0.25) is 9.69 Å². The van der Waals surface area contributed by atoms with E-state index in [0.717, 1.165) is 41.3 Å². The van der Waals surface area contributed by atoms with E-state index >= 15 is 0 Å². The molecule has 1 aliphatic rings. The molecular weight excluding hydrogens is 493 g/mol. The molecule has 1 amide bonds. The van der Waals surface area contributed by atoms with Crippen LogP contribution in [0.5, 0.6) is 0 Å². The fraction of sp³-hybridized carbons (Fsp3) is 0.455. The predicted octanol–water partition coefficient (Wildman–Crippen LogP) is 8.11. The standard InChI is InChI=1S/C33H40FNO4/c1-21(2)38-31(36)19-23-10-9-11-24(18-23)25-14-15-26(20-25)35(32(37)39-33(4,5)6)22(3)27-16-17-30(34)29-13-8-7-12-28(27)29/h7-13,16-18,21-22,25-26H,14-15,19-20H2,1-6H3/t22-,25-,26+/m1/s1. The third kappa shape index (κ3) is 6.97.